The molecule has 3 rings (SSSR count). The van der Waals surface area contributed by atoms with Crippen LogP contribution in [0.1, 0.15) is 25.7 Å². The molecule has 0 aliphatic carbocycles. The van der Waals surface area contributed by atoms with E-state index in [1.807, 2.05) is 0 Å². The maximum absolute atomic E-state index is 11.0. The molecule has 5 nitrogen and oxygen atoms in total. The number of amides is 1. The summed E-state index contributed by atoms with van der Waals surface area (Å²) in [6.45, 7) is 6.20. The molecule has 0 aromatic heterocycles. The fraction of sp³-hybridized carbons (Fsp3) is 0.923. The summed E-state index contributed by atoms with van der Waals surface area (Å²) in [5.41, 5.74) is 0.479. The van der Waals surface area contributed by atoms with Crippen molar-refractivity contribution < 1.29 is 9.53 Å². The molecule has 5 heteroatoms. The Morgan fingerprint density at radius 1 is 1.39 bits per heavy atom. The van der Waals surface area contributed by atoms with Gasteiger partial charge in [-0.1, -0.05) is 0 Å². The zero-order valence-electron chi connectivity index (χ0n) is 10.9. The number of hydrogen-bond acceptors (Lipinski definition) is 4. The molecule has 1 spiro atoms. The second kappa shape index (κ2) is 5.05. The van der Waals surface area contributed by atoms with Crippen LogP contribution < -0.4 is 10.6 Å². The van der Waals surface area contributed by atoms with Crippen molar-refractivity contribution in [1.82, 2.24) is 15.5 Å². The lowest BCUT2D eigenvalue weighted by molar-refractivity contribution is 0.0365. The maximum atomic E-state index is 11.0. The average Bonchev–Trinajstić information content (AvgIpc) is 2.76. The van der Waals surface area contributed by atoms with Gasteiger partial charge in [0.2, 0.25) is 0 Å². The Bertz CT molecular complexity index is 310. The van der Waals surface area contributed by atoms with Crippen LogP contribution in [0.2, 0.25) is 0 Å². The maximum Gasteiger partial charge on any atom is 0.407 e. The van der Waals surface area contributed by atoms with Crippen molar-refractivity contribution in [1.29, 1.82) is 0 Å². The molecule has 3 aliphatic heterocycles. The summed E-state index contributed by atoms with van der Waals surface area (Å²) in [7, 11) is 0. The van der Waals surface area contributed by atoms with E-state index in [2.05, 4.69) is 15.5 Å². The third-order valence-electron chi connectivity index (χ3n) is 4.51. The van der Waals surface area contributed by atoms with Crippen LogP contribution in [-0.2, 0) is 4.74 Å². The molecule has 102 valence electrons. The number of cyclic esters (lactones) is 1. The van der Waals surface area contributed by atoms with E-state index in [0.29, 0.717) is 12.0 Å². The molecule has 3 saturated heterocycles. The number of ether oxygens (including phenoxy) is 1. The number of alkyl carbamates (subject to hydrolysis) is 1. The van der Waals surface area contributed by atoms with E-state index in [-0.39, 0.29) is 12.2 Å². The number of carbonyl (C=O) groups is 1. The number of hydrogen-bond donors (Lipinski definition) is 2. The van der Waals surface area contributed by atoms with Gasteiger partial charge >= 0.3 is 6.09 Å². The fourth-order valence-electron chi connectivity index (χ4n) is 3.67. The fourth-order valence-corrected chi connectivity index (χ4v) is 3.67. The molecule has 18 heavy (non-hydrogen) atoms. The van der Waals surface area contributed by atoms with Crippen LogP contribution in [0.4, 0.5) is 4.79 Å². The second-order valence-electron chi connectivity index (χ2n) is 6.03. The summed E-state index contributed by atoms with van der Waals surface area (Å²) in [6, 6.07) is 0. The normalized spacial score (nSPS) is 37.6. The first kappa shape index (κ1) is 12.2. The number of nitrogens with zero attached hydrogens (tertiary/aromatic N) is 1. The van der Waals surface area contributed by atoms with E-state index in [0.717, 1.165) is 26.2 Å². The predicted octanol–water partition coefficient (Wildman–Crippen LogP) is 0.560. The quantitative estimate of drug-likeness (QED) is 0.755. The van der Waals surface area contributed by atoms with Crippen LogP contribution >= 0.6 is 0 Å². The number of likely N-dealkylation sites (tertiary alicyclic amines) is 1. The van der Waals surface area contributed by atoms with E-state index in [4.69, 9.17) is 4.74 Å². The number of carbonyl (C=O) groups excluding carboxylic acids is 1. The van der Waals surface area contributed by atoms with E-state index >= 15 is 0 Å². The van der Waals surface area contributed by atoms with Crippen molar-refractivity contribution in [2.45, 2.75) is 31.8 Å². The lowest BCUT2D eigenvalue weighted by Gasteiger charge is -2.45. The second-order valence-corrected chi connectivity index (χ2v) is 6.03. The Morgan fingerprint density at radius 3 is 3.00 bits per heavy atom. The van der Waals surface area contributed by atoms with Gasteiger partial charge in [-0.15, -0.1) is 0 Å². The highest BCUT2D eigenvalue weighted by molar-refractivity contribution is 5.69. The van der Waals surface area contributed by atoms with Crippen molar-refractivity contribution >= 4 is 6.09 Å². The standard InChI is InChI=1S/C13H23N3O2/c17-12-15-7-11(18-12)8-16-6-2-4-13(10-16)3-1-5-14-9-13/h11,14H,1-10H2,(H,15,17). The Hall–Kier alpha value is -0.810. The topological polar surface area (TPSA) is 53.6 Å². The van der Waals surface area contributed by atoms with E-state index in [9.17, 15) is 4.79 Å². The first-order valence-corrected chi connectivity index (χ1v) is 7.13. The Morgan fingerprint density at radius 2 is 2.28 bits per heavy atom. The molecule has 1 amide bonds. The zero-order valence-corrected chi connectivity index (χ0v) is 10.9. The van der Waals surface area contributed by atoms with Gasteiger partial charge in [0.15, 0.2) is 0 Å². The van der Waals surface area contributed by atoms with Crippen molar-refractivity contribution in [3.05, 3.63) is 0 Å². The molecule has 2 N–H and O–H groups in total. The summed E-state index contributed by atoms with van der Waals surface area (Å²) in [6.07, 6.45) is 5.05. The van der Waals surface area contributed by atoms with Gasteiger partial charge in [0, 0.05) is 19.6 Å². The van der Waals surface area contributed by atoms with Crippen LogP contribution in [0.3, 0.4) is 0 Å². The molecule has 3 heterocycles. The number of piperidine rings is 2. The molecule has 0 saturated carbocycles. The van der Waals surface area contributed by atoms with Crippen molar-refractivity contribution in [2.24, 2.45) is 5.41 Å². The smallest absolute Gasteiger partial charge is 0.407 e. The summed E-state index contributed by atoms with van der Waals surface area (Å²) in [5.74, 6) is 0. The van der Waals surface area contributed by atoms with Crippen LogP contribution in [0.25, 0.3) is 0 Å². The van der Waals surface area contributed by atoms with Crippen molar-refractivity contribution in [3.8, 4) is 0 Å². The summed E-state index contributed by atoms with van der Waals surface area (Å²) >= 11 is 0. The third-order valence-corrected chi connectivity index (χ3v) is 4.51. The van der Waals surface area contributed by atoms with Crippen LogP contribution in [-0.4, -0.2) is 56.4 Å². The Balaban J connectivity index is 1.55. The Labute approximate surface area is 108 Å². The molecular formula is C13H23N3O2. The van der Waals surface area contributed by atoms with Gasteiger partial charge in [-0.25, -0.2) is 4.79 Å². The minimum atomic E-state index is -0.258. The van der Waals surface area contributed by atoms with E-state index in [1.54, 1.807) is 0 Å². The van der Waals surface area contributed by atoms with Gasteiger partial charge in [-0.3, -0.25) is 4.90 Å². The lowest BCUT2D eigenvalue weighted by Crippen LogP contribution is -2.52. The molecule has 2 atom stereocenters. The summed E-state index contributed by atoms with van der Waals surface area (Å²) < 4.78 is 5.23. The summed E-state index contributed by atoms with van der Waals surface area (Å²) in [4.78, 5) is 13.5. The monoisotopic (exact) mass is 253 g/mol. The van der Waals surface area contributed by atoms with Gasteiger partial charge in [0.1, 0.15) is 6.10 Å². The van der Waals surface area contributed by atoms with Crippen LogP contribution in [0.5, 0.6) is 0 Å². The minimum Gasteiger partial charge on any atom is -0.443 e. The van der Waals surface area contributed by atoms with Crippen molar-refractivity contribution in [2.75, 3.05) is 39.3 Å². The third kappa shape index (κ3) is 2.62. The lowest BCUT2D eigenvalue weighted by atomic mass is 9.74. The van der Waals surface area contributed by atoms with Crippen LogP contribution in [0.15, 0.2) is 0 Å². The van der Waals surface area contributed by atoms with Gasteiger partial charge in [0.05, 0.1) is 6.54 Å². The minimum absolute atomic E-state index is 0.0456. The average molecular weight is 253 g/mol. The highest BCUT2D eigenvalue weighted by Gasteiger charge is 2.37. The van der Waals surface area contributed by atoms with Gasteiger partial charge < -0.3 is 15.4 Å². The molecule has 0 radical (unpaired) electrons. The molecule has 0 aromatic rings. The highest BCUT2D eigenvalue weighted by Crippen LogP contribution is 2.35. The van der Waals surface area contributed by atoms with Gasteiger partial charge in [0.25, 0.3) is 0 Å². The molecule has 3 aliphatic rings. The van der Waals surface area contributed by atoms with Crippen molar-refractivity contribution in [3.63, 3.8) is 0 Å². The molecule has 0 bridgehead atoms. The largest absolute Gasteiger partial charge is 0.443 e. The summed E-state index contributed by atoms with van der Waals surface area (Å²) in [5, 5.41) is 6.27. The highest BCUT2D eigenvalue weighted by atomic mass is 16.6. The SMILES string of the molecule is O=C1NCC(CN2CCCC3(CCCNC3)C2)O1. The van der Waals surface area contributed by atoms with E-state index < -0.39 is 0 Å². The predicted molar refractivity (Wildman–Crippen MR) is 68.5 cm³/mol. The zero-order chi connectivity index (χ0) is 12.4. The molecule has 2 unspecified atom stereocenters. The Kier molecular flexibility index (Phi) is 3.43. The first-order chi connectivity index (χ1) is 8.76. The first-order valence-electron chi connectivity index (χ1n) is 7.13. The molecule has 0 aromatic carbocycles. The number of nitrogens with one attached hydrogen (secondary N) is 2. The number of rotatable bonds is 2. The van der Waals surface area contributed by atoms with Crippen LogP contribution in [0, 0.1) is 5.41 Å². The van der Waals surface area contributed by atoms with E-state index in [1.165, 1.54) is 32.2 Å². The van der Waals surface area contributed by atoms with Gasteiger partial charge in [-0.05, 0) is 44.2 Å². The molecular weight excluding hydrogens is 230 g/mol. The molecule has 3 fully saturated rings. The van der Waals surface area contributed by atoms with Gasteiger partial charge in [-0.2, -0.15) is 0 Å².